The van der Waals surface area contributed by atoms with Crippen molar-refractivity contribution < 1.29 is 0 Å². The Morgan fingerprint density at radius 1 is 1.08 bits per heavy atom. The molecule has 6 heteroatoms. The van der Waals surface area contributed by atoms with E-state index in [1.54, 1.807) is 12.1 Å². The minimum absolute atomic E-state index is 0. The van der Waals surface area contributed by atoms with Gasteiger partial charge in [0.25, 0.3) is 0 Å². The summed E-state index contributed by atoms with van der Waals surface area (Å²) in [4.78, 5) is 0. The standard InChI is InChI=1S/C7H8Cl2N2.2ClH/c8-5-1-4(3-10)2-6(9)7(5)11;;/h1-2H,3,10-11H2;2*1H. The zero-order valence-electron chi connectivity index (χ0n) is 6.59. The highest BCUT2D eigenvalue weighted by atomic mass is 35.5. The number of rotatable bonds is 1. The van der Waals surface area contributed by atoms with Gasteiger partial charge in [-0.1, -0.05) is 23.2 Å². The van der Waals surface area contributed by atoms with Crippen molar-refractivity contribution in [3.05, 3.63) is 27.7 Å². The molecule has 76 valence electrons. The molecular formula is C7H10Cl4N2. The predicted octanol–water partition coefficient (Wildman–Crippen LogP) is 2.88. The predicted molar refractivity (Wildman–Crippen MR) is 63.3 cm³/mol. The van der Waals surface area contributed by atoms with Crippen molar-refractivity contribution in [1.82, 2.24) is 0 Å². The lowest BCUT2D eigenvalue weighted by atomic mass is 10.2. The van der Waals surface area contributed by atoms with Crippen LogP contribution >= 0.6 is 48.0 Å². The van der Waals surface area contributed by atoms with Crippen molar-refractivity contribution in [3.8, 4) is 0 Å². The fourth-order valence-electron chi connectivity index (χ4n) is 0.755. The van der Waals surface area contributed by atoms with E-state index in [9.17, 15) is 0 Å². The maximum absolute atomic E-state index is 5.73. The average molecular weight is 264 g/mol. The molecule has 2 nitrogen and oxygen atoms in total. The monoisotopic (exact) mass is 262 g/mol. The molecule has 0 aliphatic carbocycles. The second-order valence-corrected chi connectivity index (χ2v) is 2.99. The Bertz CT molecular complexity index is 254. The summed E-state index contributed by atoms with van der Waals surface area (Å²) in [6, 6.07) is 3.42. The Balaban J connectivity index is 0. The number of hydrogen-bond donors (Lipinski definition) is 2. The molecule has 0 aliphatic rings. The van der Waals surface area contributed by atoms with Crippen LogP contribution in [0.5, 0.6) is 0 Å². The first-order chi connectivity index (χ1) is 5.15. The van der Waals surface area contributed by atoms with Crippen LogP contribution in [0.25, 0.3) is 0 Å². The van der Waals surface area contributed by atoms with Crippen LogP contribution in [-0.2, 0) is 6.54 Å². The van der Waals surface area contributed by atoms with E-state index in [4.69, 9.17) is 34.7 Å². The Kier molecular flexibility index (Phi) is 7.89. The molecular weight excluding hydrogens is 254 g/mol. The quantitative estimate of drug-likeness (QED) is 0.766. The molecule has 0 aliphatic heterocycles. The van der Waals surface area contributed by atoms with Crippen LogP contribution in [-0.4, -0.2) is 0 Å². The van der Waals surface area contributed by atoms with Crippen LogP contribution in [0.1, 0.15) is 5.56 Å². The number of benzene rings is 1. The van der Waals surface area contributed by atoms with Crippen LogP contribution in [0.4, 0.5) is 5.69 Å². The number of halogens is 4. The van der Waals surface area contributed by atoms with Gasteiger partial charge < -0.3 is 11.5 Å². The highest BCUT2D eigenvalue weighted by Gasteiger charge is 2.02. The van der Waals surface area contributed by atoms with Gasteiger partial charge in [0.15, 0.2) is 0 Å². The Morgan fingerprint density at radius 3 is 1.77 bits per heavy atom. The van der Waals surface area contributed by atoms with Crippen molar-refractivity contribution in [1.29, 1.82) is 0 Å². The summed E-state index contributed by atoms with van der Waals surface area (Å²) >= 11 is 11.5. The Morgan fingerprint density at radius 2 is 1.46 bits per heavy atom. The summed E-state index contributed by atoms with van der Waals surface area (Å²) in [5.74, 6) is 0. The van der Waals surface area contributed by atoms with Gasteiger partial charge in [0, 0.05) is 6.54 Å². The third-order valence-corrected chi connectivity index (χ3v) is 2.00. The molecule has 1 aromatic rings. The largest absolute Gasteiger partial charge is 0.396 e. The second-order valence-electron chi connectivity index (χ2n) is 2.18. The smallest absolute Gasteiger partial charge is 0.0693 e. The first-order valence-corrected chi connectivity index (χ1v) is 3.84. The van der Waals surface area contributed by atoms with E-state index < -0.39 is 0 Å². The normalized spacial score (nSPS) is 8.54. The molecule has 0 amide bonds. The number of anilines is 1. The summed E-state index contributed by atoms with van der Waals surface area (Å²) in [6.07, 6.45) is 0. The summed E-state index contributed by atoms with van der Waals surface area (Å²) in [5, 5.41) is 0.913. The van der Waals surface area contributed by atoms with Crippen molar-refractivity contribution in [3.63, 3.8) is 0 Å². The van der Waals surface area contributed by atoms with Crippen LogP contribution in [0, 0.1) is 0 Å². The molecule has 0 atom stereocenters. The fraction of sp³-hybridized carbons (Fsp3) is 0.143. The molecule has 0 bridgehead atoms. The van der Waals surface area contributed by atoms with E-state index in [1.807, 2.05) is 0 Å². The zero-order chi connectivity index (χ0) is 8.43. The molecule has 0 unspecified atom stereocenters. The summed E-state index contributed by atoms with van der Waals surface area (Å²) in [5.41, 5.74) is 12.2. The van der Waals surface area contributed by atoms with Crippen molar-refractivity contribution in [2.75, 3.05) is 5.73 Å². The second kappa shape index (κ2) is 6.57. The van der Waals surface area contributed by atoms with Gasteiger partial charge in [0.1, 0.15) is 0 Å². The molecule has 0 saturated heterocycles. The van der Waals surface area contributed by atoms with Crippen LogP contribution in [0.15, 0.2) is 12.1 Å². The average Bonchev–Trinajstić information content (AvgIpc) is 1.99. The maximum Gasteiger partial charge on any atom is 0.0693 e. The third kappa shape index (κ3) is 3.79. The van der Waals surface area contributed by atoms with E-state index in [0.717, 1.165) is 5.56 Å². The highest BCUT2D eigenvalue weighted by Crippen LogP contribution is 2.28. The summed E-state index contributed by atoms with van der Waals surface area (Å²) in [7, 11) is 0. The van der Waals surface area contributed by atoms with Gasteiger partial charge in [-0.15, -0.1) is 24.8 Å². The first kappa shape index (κ1) is 15.6. The lowest BCUT2D eigenvalue weighted by Crippen LogP contribution is -1.97. The lowest BCUT2D eigenvalue weighted by molar-refractivity contribution is 1.07. The molecule has 0 fully saturated rings. The Hall–Kier alpha value is 0.140. The van der Waals surface area contributed by atoms with E-state index in [0.29, 0.717) is 22.3 Å². The van der Waals surface area contributed by atoms with Crippen LogP contribution in [0.2, 0.25) is 10.0 Å². The molecule has 1 aromatic carbocycles. The van der Waals surface area contributed by atoms with Crippen LogP contribution in [0.3, 0.4) is 0 Å². The molecule has 13 heavy (non-hydrogen) atoms. The van der Waals surface area contributed by atoms with Crippen molar-refractivity contribution in [2.24, 2.45) is 5.73 Å². The molecule has 0 aromatic heterocycles. The SMILES string of the molecule is Cl.Cl.NCc1cc(Cl)c(N)c(Cl)c1. The van der Waals surface area contributed by atoms with Crippen molar-refractivity contribution in [2.45, 2.75) is 6.54 Å². The van der Waals surface area contributed by atoms with Gasteiger partial charge in [0.05, 0.1) is 15.7 Å². The van der Waals surface area contributed by atoms with Crippen molar-refractivity contribution >= 4 is 53.7 Å². The molecule has 1 rings (SSSR count). The number of nitrogen functional groups attached to an aromatic ring is 1. The highest BCUT2D eigenvalue weighted by molar-refractivity contribution is 6.38. The molecule has 0 spiro atoms. The first-order valence-electron chi connectivity index (χ1n) is 3.08. The van der Waals surface area contributed by atoms with E-state index >= 15 is 0 Å². The van der Waals surface area contributed by atoms with Gasteiger partial charge >= 0.3 is 0 Å². The van der Waals surface area contributed by atoms with E-state index in [1.165, 1.54) is 0 Å². The molecule has 0 radical (unpaired) electrons. The van der Waals surface area contributed by atoms with Gasteiger partial charge in [-0.2, -0.15) is 0 Å². The molecule has 4 N–H and O–H groups in total. The zero-order valence-corrected chi connectivity index (χ0v) is 9.73. The minimum Gasteiger partial charge on any atom is -0.396 e. The number of nitrogens with two attached hydrogens (primary N) is 2. The van der Waals surface area contributed by atoms with Gasteiger partial charge in [-0.05, 0) is 17.7 Å². The van der Waals surface area contributed by atoms with Gasteiger partial charge in [-0.3, -0.25) is 0 Å². The van der Waals surface area contributed by atoms with E-state index in [-0.39, 0.29) is 24.8 Å². The lowest BCUT2D eigenvalue weighted by Gasteiger charge is -2.03. The minimum atomic E-state index is 0. The molecule has 0 saturated carbocycles. The van der Waals surface area contributed by atoms with Gasteiger partial charge in [-0.25, -0.2) is 0 Å². The van der Waals surface area contributed by atoms with E-state index in [2.05, 4.69) is 0 Å². The summed E-state index contributed by atoms with van der Waals surface area (Å²) in [6.45, 7) is 0.416. The van der Waals surface area contributed by atoms with Gasteiger partial charge in [0.2, 0.25) is 0 Å². The third-order valence-electron chi connectivity index (χ3n) is 1.37. The topological polar surface area (TPSA) is 52.0 Å². The molecule has 0 heterocycles. The Labute approximate surface area is 99.4 Å². The summed E-state index contributed by atoms with van der Waals surface area (Å²) < 4.78 is 0. The maximum atomic E-state index is 5.73. The van der Waals surface area contributed by atoms with Crippen LogP contribution < -0.4 is 11.5 Å². The number of hydrogen-bond acceptors (Lipinski definition) is 2. The fourth-order valence-corrected chi connectivity index (χ4v) is 1.29.